The summed E-state index contributed by atoms with van der Waals surface area (Å²) in [5.74, 6) is 1.81. The van der Waals surface area contributed by atoms with Gasteiger partial charge in [0.2, 0.25) is 0 Å². The lowest BCUT2D eigenvalue weighted by molar-refractivity contribution is 0.106. The van der Waals surface area contributed by atoms with Gasteiger partial charge in [-0.15, -0.1) is 0 Å². The average Bonchev–Trinajstić information content (AvgIpc) is 2.59. The van der Waals surface area contributed by atoms with Gasteiger partial charge in [0.1, 0.15) is 0 Å². The van der Waals surface area contributed by atoms with Crippen LogP contribution in [0, 0.1) is 11.8 Å². The summed E-state index contributed by atoms with van der Waals surface area (Å²) in [5, 5.41) is 9.54. The molecule has 0 bridgehead atoms. The first-order valence-electron chi connectivity index (χ1n) is 11.9. The van der Waals surface area contributed by atoms with E-state index in [1.165, 1.54) is 109 Å². The minimum Gasteiger partial charge on any atom is -0.393 e. The van der Waals surface area contributed by atoms with Crippen molar-refractivity contribution in [3.05, 3.63) is 0 Å². The molecule has 0 radical (unpaired) electrons. The van der Waals surface area contributed by atoms with Crippen molar-refractivity contribution in [3.8, 4) is 0 Å². The Morgan fingerprint density at radius 2 is 1.00 bits per heavy atom. The van der Waals surface area contributed by atoms with Crippen molar-refractivity contribution in [3.63, 3.8) is 0 Å². The van der Waals surface area contributed by atoms with Crippen molar-refractivity contribution in [1.29, 1.82) is 0 Å². The molecule has 0 aromatic carbocycles. The van der Waals surface area contributed by atoms with Crippen molar-refractivity contribution in [2.45, 2.75) is 142 Å². The van der Waals surface area contributed by atoms with Crippen LogP contribution < -0.4 is 0 Å². The smallest absolute Gasteiger partial charge is 0.0540 e. The highest BCUT2D eigenvalue weighted by Gasteiger charge is 2.18. The number of hydrogen-bond acceptors (Lipinski definition) is 1. The van der Waals surface area contributed by atoms with E-state index >= 15 is 0 Å². The van der Waals surface area contributed by atoms with Crippen LogP contribution in [0.15, 0.2) is 0 Å². The first-order valence-corrected chi connectivity index (χ1v) is 11.9. The van der Waals surface area contributed by atoms with Gasteiger partial charge in [-0.05, 0) is 37.5 Å². The van der Waals surface area contributed by atoms with E-state index in [0.29, 0.717) is 0 Å². The third kappa shape index (κ3) is 14.8. The largest absolute Gasteiger partial charge is 0.393 e. The van der Waals surface area contributed by atoms with Crippen LogP contribution in [0.2, 0.25) is 0 Å². The van der Waals surface area contributed by atoms with Crippen LogP contribution in [0.3, 0.4) is 0 Å². The molecule has 0 aliphatic heterocycles. The summed E-state index contributed by atoms with van der Waals surface area (Å²) >= 11 is 0. The van der Waals surface area contributed by atoms with E-state index < -0.39 is 0 Å². The van der Waals surface area contributed by atoms with Crippen LogP contribution in [0.25, 0.3) is 0 Å². The van der Waals surface area contributed by atoms with Crippen molar-refractivity contribution in [1.82, 2.24) is 0 Å². The van der Waals surface area contributed by atoms with Crippen molar-refractivity contribution >= 4 is 0 Å². The molecule has 1 rings (SSSR count). The Balaban J connectivity index is 1.69. The van der Waals surface area contributed by atoms with Crippen LogP contribution in [0.4, 0.5) is 0 Å². The number of aliphatic hydroxyl groups is 1. The maximum Gasteiger partial charge on any atom is 0.0540 e. The molecule has 0 spiro atoms. The first kappa shape index (κ1) is 23.0. The molecule has 0 amide bonds. The maximum absolute atomic E-state index is 9.54. The van der Waals surface area contributed by atoms with Gasteiger partial charge in [0, 0.05) is 0 Å². The molecule has 1 fully saturated rings. The topological polar surface area (TPSA) is 20.2 Å². The molecule has 150 valence electrons. The van der Waals surface area contributed by atoms with Gasteiger partial charge in [0.15, 0.2) is 0 Å². The molecule has 0 aromatic rings. The SMILES string of the molecule is CC(C)CCCCCCCCCCCCCCCC1CCC(O)CC1. The van der Waals surface area contributed by atoms with Gasteiger partial charge in [-0.2, -0.15) is 0 Å². The first-order chi connectivity index (χ1) is 12.2. The van der Waals surface area contributed by atoms with Crippen LogP contribution in [0.5, 0.6) is 0 Å². The van der Waals surface area contributed by atoms with Gasteiger partial charge in [-0.25, -0.2) is 0 Å². The lowest BCUT2D eigenvalue weighted by atomic mass is 9.84. The Bertz CT molecular complexity index is 265. The van der Waals surface area contributed by atoms with Gasteiger partial charge < -0.3 is 5.11 Å². The van der Waals surface area contributed by atoms with Crippen LogP contribution >= 0.6 is 0 Å². The summed E-state index contributed by atoms with van der Waals surface area (Å²) in [4.78, 5) is 0. The fourth-order valence-corrected chi connectivity index (χ4v) is 4.36. The van der Waals surface area contributed by atoms with Gasteiger partial charge in [0.25, 0.3) is 0 Å². The highest BCUT2D eigenvalue weighted by molar-refractivity contribution is 4.71. The van der Waals surface area contributed by atoms with Crippen LogP contribution in [0.1, 0.15) is 136 Å². The van der Waals surface area contributed by atoms with Gasteiger partial charge in [-0.3, -0.25) is 0 Å². The van der Waals surface area contributed by atoms with E-state index in [0.717, 1.165) is 24.7 Å². The molecule has 25 heavy (non-hydrogen) atoms. The van der Waals surface area contributed by atoms with E-state index in [1.54, 1.807) is 0 Å². The molecule has 0 heterocycles. The Morgan fingerprint density at radius 1 is 0.600 bits per heavy atom. The summed E-state index contributed by atoms with van der Waals surface area (Å²) < 4.78 is 0. The molecule has 0 unspecified atom stereocenters. The Kier molecular flexibility index (Phi) is 14.9. The van der Waals surface area contributed by atoms with Crippen molar-refractivity contribution < 1.29 is 5.11 Å². The molecular weight excluding hydrogens is 304 g/mol. The molecule has 1 aliphatic carbocycles. The third-order valence-corrected chi connectivity index (χ3v) is 6.21. The van der Waals surface area contributed by atoms with Gasteiger partial charge in [0.05, 0.1) is 6.10 Å². The quantitative estimate of drug-likeness (QED) is 0.279. The lowest BCUT2D eigenvalue weighted by Gasteiger charge is -2.25. The average molecular weight is 353 g/mol. The van der Waals surface area contributed by atoms with Gasteiger partial charge in [-0.1, -0.05) is 110 Å². The molecule has 1 saturated carbocycles. The minimum absolute atomic E-state index is 0.0149. The Hall–Kier alpha value is -0.0400. The number of aliphatic hydroxyl groups excluding tert-OH is 1. The maximum atomic E-state index is 9.54. The minimum atomic E-state index is 0.0149. The molecule has 1 nitrogen and oxygen atoms in total. The van der Waals surface area contributed by atoms with E-state index in [4.69, 9.17) is 0 Å². The Labute approximate surface area is 159 Å². The summed E-state index contributed by atoms with van der Waals surface area (Å²) in [5.41, 5.74) is 0. The van der Waals surface area contributed by atoms with Crippen molar-refractivity contribution in [2.24, 2.45) is 11.8 Å². The highest BCUT2D eigenvalue weighted by Crippen LogP contribution is 2.28. The number of unbranched alkanes of at least 4 members (excludes halogenated alkanes) is 12. The predicted molar refractivity (Wildman–Crippen MR) is 112 cm³/mol. The zero-order valence-corrected chi connectivity index (χ0v) is 17.6. The second-order valence-corrected chi connectivity index (χ2v) is 9.24. The monoisotopic (exact) mass is 352 g/mol. The second-order valence-electron chi connectivity index (χ2n) is 9.24. The third-order valence-electron chi connectivity index (χ3n) is 6.21. The summed E-state index contributed by atoms with van der Waals surface area (Å²) in [6, 6.07) is 0. The second kappa shape index (κ2) is 16.2. The van der Waals surface area contributed by atoms with Crippen LogP contribution in [-0.4, -0.2) is 11.2 Å². The number of rotatable bonds is 16. The highest BCUT2D eigenvalue weighted by atomic mass is 16.3. The van der Waals surface area contributed by atoms with E-state index in [-0.39, 0.29) is 6.10 Å². The summed E-state index contributed by atoms with van der Waals surface area (Å²) in [6.07, 6.45) is 26.5. The van der Waals surface area contributed by atoms with Crippen molar-refractivity contribution in [2.75, 3.05) is 0 Å². The zero-order valence-electron chi connectivity index (χ0n) is 17.6. The molecule has 0 aromatic heterocycles. The molecule has 1 aliphatic rings. The normalized spacial score (nSPS) is 21.1. The predicted octanol–water partition coefficient (Wildman–Crippen LogP) is 8.05. The fourth-order valence-electron chi connectivity index (χ4n) is 4.36. The Morgan fingerprint density at radius 3 is 1.44 bits per heavy atom. The summed E-state index contributed by atoms with van der Waals surface area (Å²) in [6.45, 7) is 4.67. The molecule has 1 N–H and O–H groups in total. The van der Waals surface area contributed by atoms with E-state index in [2.05, 4.69) is 13.8 Å². The summed E-state index contributed by atoms with van der Waals surface area (Å²) in [7, 11) is 0. The molecular formula is C24H48O. The van der Waals surface area contributed by atoms with Crippen LogP contribution in [-0.2, 0) is 0 Å². The van der Waals surface area contributed by atoms with E-state index in [9.17, 15) is 5.11 Å². The lowest BCUT2D eigenvalue weighted by Crippen LogP contribution is -2.17. The zero-order chi connectivity index (χ0) is 18.2. The standard InChI is InChI=1S/C24H48O/c1-22(2)16-14-12-10-8-6-4-3-5-7-9-11-13-15-17-23-18-20-24(25)21-19-23/h22-25H,3-21H2,1-2H3. The van der Waals surface area contributed by atoms with E-state index in [1.807, 2.05) is 0 Å². The number of hydrogen-bond donors (Lipinski definition) is 1. The molecule has 1 heteroatoms. The fraction of sp³-hybridized carbons (Fsp3) is 1.00. The van der Waals surface area contributed by atoms with Gasteiger partial charge >= 0.3 is 0 Å². The molecule has 0 saturated heterocycles. The molecule has 0 atom stereocenters.